The lowest BCUT2D eigenvalue weighted by molar-refractivity contribution is -0.139. The van der Waals surface area contributed by atoms with Crippen molar-refractivity contribution in [3.63, 3.8) is 0 Å². The number of aliphatic hydroxyl groups is 1. The number of nitrogens with one attached hydrogen (secondary N) is 3. The highest BCUT2D eigenvalue weighted by molar-refractivity contribution is 7.80. The van der Waals surface area contributed by atoms with E-state index in [1.54, 1.807) is 32.9 Å². The van der Waals surface area contributed by atoms with Crippen molar-refractivity contribution in [1.29, 1.82) is 0 Å². The fourth-order valence-electron chi connectivity index (χ4n) is 9.26. The van der Waals surface area contributed by atoms with E-state index in [0.29, 0.717) is 36.4 Å². The van der Waals surface area contributed by atoms with Crippen LogP contribution < -0.4 is 21.9 Å². The van der Waals surface area contributed by atoms with Crippen LogP contribution in [0.15, 0.2) is 35.3 Å². The van der Waals surface area contributed by atoms with Crippen LogP contribution >= 0.6 is 43.9 Å². The number of carboxylic acid groups (broad SMARTS) is 1. The van der Waals surface area contributed by atoms with E-state index >= 15 is 0 Å². The average Bonchev–Trinajstić information content (AvgIpc) is 2.55. The van der Waals surface area contributed by atoms with E-state index in [4.69, 9.17) is 60.9 Å². The number of benzene rings is 1. The highest BCUT2D eigenvalue weighted by Crippen LogP contribution is 2.52. The fourth-order valence-corrected chi connectivity index (χ4v) is 13.3. The van der Waals surface area contributed by atoms with Crippen molar-refractivity contribution >= 4 is 84.4 Å². The summed E-state index contributed by atoms with van der Waals surface area (Å²) in [4.78, 5) is 107. The first-order valence-electron chi connectivity index (χ1n) is 27.9. The smallest absolute Gasteiger partial charge is 0.472 e. The molecule has 2 aromatic heterocycles. The highest BCUT2D eigenvalue weighted by atomic mass is 32.1. The Hall–Kier alpha value is -3.76. The number of fused-ring (bicyclic) bond motifs is 1. The number of Topliss-reactive ketones (excluding diaryl/α,β-unsaturated/α-hetero) is 1. The van der Waals surface area contributed by atoms with Gasteiger partial charge in [0.25, 0.3) is 11.5 Å². The minimum Gasteiger partial charge on any atom is -0.480 e. The van der Waals surface area contributed by atoms with Crippen LogP contribution in [-0.4, -0.2) is 186 Å². The molecule has 1 amide bonds. The third-order valence-electron chi connectivity index (χ3n) is 13.5. The van der Waals surface area contributed by atoms with Crippen molar-refractivity contribution in [2.45, 2.75) is 165 Å². The van der Waals surface area contributed by atoms with Gasteiger partial charge in [0, 0.05) is 56.6 Å². The summed E-state index contributed by atoms with van der Waals surface area (Å²) in [5.41, 5.74) is 6.29. The van der Waals surface area contributed by atoms with Crippen LogP contribution in [0.4, 0.5) is 11.6 Å². The van der Waals surface area contributed by atoms with Gasteiger partial charge in [-0.3, -0.25) is 55.6 Å². The molecule has 3 aliphatic rings. The van der Waals surface area contributed by atoms with Crippen molar-refractivity contribution in [2.75, 3.05) is 63.1 Å². The molecule has 1 aromatic carbocycles. The van der Waals surface area contributed by atoms with E-state index in [1.807, 2.05) is 0 Å². The van der Waals surface area contributed by atoms with Gasteiger partial charge in [0.2, 0.25) is 5.95 Å². The quantitative estimate of drug-likeness (QED) is 0.0215. The molecule has 0 radical (unpaired) electrons. The number of rotatable bonds is 40. The van der Waals surface area contributed by atoms with E-state index in [2.05, 4.69) is 43.2 Å². The molecule has 0 saturated carbocycles. The summed E-state index contributed by atoms with van der Waals surface area (Å²) < 4.78 is 117. The van der Waals surface area contributed by atoms with Crippen LogP contribution in [0.5, 0.6) is 0 Å². The Kier molecular flexibility index (Phi) is 28.3. The van der Waals surface area contributed by atoms with Gasteiger partial charge in [-0.25, -0.2) is 33.0 Å². The number of hydrogen-bond donors (Lipinski definition) is 11. The van der Waals surface area contributed by atoms with E-state index in [1.165, 1.54) is 18.3 Å². The number of amides is 1. The number of anilines is 2. The molecule has 6 rings (SSSR count). The zero-order valence-corrected chi connectivity index (χ0v) is 52.4. The molecule has 490 valence electrons. The lowest BCUT2D eigenvalue weighted by Gasteiger charge is -2.25. The molecule has 0 spiro atoms. The Morgan fingerprint density at radius 2 is 1.30 bits per heavy atom. The molecule has 33 nitrogen and oxygen atoms in total. The molecule has 3 fully saturated rings. The molecule has 11 N–H and O–H groups in total. The first-order chi connectivity index (χ1) is 41.1. The number of nitrogen functional groups attached to an aromatic ring is 1. The van der Waals surface area contributed by atoms with Gasteiger partial charge in [-0.1, -0.05) is 0 Å². The number of aromatic nitrogens is 4. The Bertz CT molecular complexity index is 3000. The summed E-state index contributed by atoms with van der Waals surface area (Å²) in [7, 11) is -19.3. The van der Waals surface area contributed by atoms with E-state index in [-0.39, 0.29) is 112 Å². The van der Waals surface area contributed by atoms with Crippen molar-refractivity contribution in [3.8, 4) is 0 Å². The number of nitrogens with zero attached hydrogens (tertiary/aromatic N) is 3. The molecule has 5 heterocycles. The molecule has 15 atom stereocenters. The Morgan fingerprint density at radius 1 is 0.736 bits per heavy atom. The van der Waals surface area contributed by atoms with Crippen LogP contribution in [-0.2, 0) is 89.5 Å². The van der Waals surface area contributed by atoms with E-state index in [9.17, 15) is 67.2 Å². The zero-order chi connectivity index (χ0) is 63.5. The maximum absolute atomic E-state index is 13.3. The molecule has 6 unspecified atom stereocenters. The van der Waals surface area contributed by atoms with Gasteiger partial charge in [0.15, 0.2) is 11.2 Å². The molecule has 87 heavy (non-hydrogen) atoms. The van der Waals surface area contributed by atoms with E-state index in [0.717, 1.165) is 0 Å². The number of H-pyrrole nitrogens is 1. The number of aliphatic hydroxyl groups excluding tert-OH is 1. The third kappa shape index (κ3) is 24.8. The monoisotopic (exact) mass is 1340 g/mol. The first-order valence-corrected chi connectivity index (χ1v) is 34.5. The average molecular weight is 1340 g/mol. The number of aromatic amines is 1. The number of carbonyl (C=O) groups is 3. The fraction of sp³-hybridized carbons (Fsp3) is 0.694. The van der Waals surface area contributed by atoms with Crippen molar-refractivity contribution in [3.05, 3.63) is 52.1 Å². The summed E-state index contributed by atoms with van der Waals surface area (Å²) in [6.07, 6.45) is -6.77. The second kappa shape index (κ2) is 34.1. The minimum absolute atomic E-state index is 0.0144. The predicted molar refractivity (Wildman–Crippen MR) is 308 cm³/mol. The summed E-state index contributed by atoms with van der Waals surface area (Å²) in [5.74, 6) is -1.99. The maximum Gasteiger partial charge on any atom is 0.472 e. The molecule has 3 aromatic rings. The molecule has 3 aliphatic heterocycles. The van der Waals surface area contributed by atoms with Gasteiger partial charge in [0.05, 0.1) is 75.9 Å². The van der Waals surface area contributed by atoms with Crippen molar-refractivity contribution in [1.82, 2.24) is 25.3 Å². The van der Waals surface area contributed by atoms with Gasteiger partial charge in [-0.2, -0.15) is 17.6 Å². The lowest BCUT2D eigenvalue weighted by atomic mass is 10.0. The standard InChI is InChI=1S/C49H77N7O26P4S/c1-29-21-38(41(26-57)76-29)80-85(67,68)74-28-43-40(23-31(3)78-43)82-86(69,70)75-27-42-39(22-30(2)77-42)81-84(65,66)73-19-15-36(79-83(63,64)72-17-6-20-87)14-18-71-16-5-4-7-35(58)12-13-37(48(61)62)54-46(59)32-8-10-33(11-9-32)51-24-34-25-52-45-44(53-34)47(60)56-49(50)55-45/h8-11,25,29-31,36-43,51,57,87H,4-7,12-24,26-28H2,1-3H3,(H,54,59)(H,61,62)(H,63,64)(H,65,66)(H,67,68)(H,69,70)(H3,50,52,55,56,60)/t29-,30-,31-,36?,37?,38+,39+,40+,41+,42+,43+/m0/s1. The number of thiol groups is 1. The number of aliphatic carboxylic acids is 1. The molecular formula is C49H77N7O26P4S. The van der Waals surface area contributed by atoms with Crippen LogP contribution in [0.25, 0.3) is 11.2 Å². The van der Waals surface area contributed by atoms with Gasteiger partial charge >= 0.3 is 37.3 Å². The summed E-state index contributed by atoms with van der Waals surface area (Å²) in [5, 5.41) is 24.9. The number of ketones is 1. The second-order valence-electron chi connectivity index (χ2n) is 20.7. The Labute approximate surface area is 505 Å². The number of phosphoric ester groups is 4. The SMILES string of the molecule is C[C@H]1C[C@@H](OP(=O)(O)OC[C@H]2O[C@@H](C)C[C@H]2OP(=O)(O)OC[C@H]2O[C@@H](C)C[C@H]2OP(=O)(O)OCCC(CCOCCCCC(=O)CCC(NC(=O)c2ccc(NCc3cnc4nc(N)[nH]c(=O)c4n3)cc2)C(=O)O)OP(=O)(O)OCCCS)[C@@H](CO)O1. The van der Waals surface area contributed by atoms with Crippen LogP contribution in [0.3, 0.4) is 0 Å². The van der Waals surface area contributed by atoms with Gasteiger partial charge in [-0.05, 0) is 89.3 Å². The Balaban J connectivity index is 0.885. The highest BCUT2D eigenvalue weighted by Gasteiger charge is 2.45. The number of unbranched alkanes of at least 4 members (excludes halogenated alkanes) is 1. The van der Waals surface area contributed by atoms with Crippen LogP contribution in [0.2, 0.25) is 0 Å². The molecule has 3 saturated heterocycles. The normalized spacial score (nSPS) is 25.7. The zero-order valence-electron chi connectivity index (χ0n) is 47.9. The molecule has 38 heteroatoms. The first kappa shape index (κ1) is 72.3. The number of carboxylic acids is 1. The molecular weight excluding hydrogens is 1260 g/mol. The maximum atomic E-state index is 13.3. The molecule has 0 bridgehead atoms. The molecule has 0 aliphatic carbocycles. The van der Waals surface area contributed by atoms with Crippen molar-refractivity contribution < 1.29 is 118 Å². The number of hydrogen-bond acceptors (Lipinski definition) is 27. The summed E-state index contributed by atoms with van der Waals surface area (Å²) >= 11 is 4.06. The van der Waals surface area contributed by atoms with E-state index < -0.39 is 136 Å². The van der Waals surface area contributed by atoms with Crippen LogP contribution in [0.1, 0.15) is 107 Å². The topological polar surface area (TPSA) is 473 Å². The second-order valence-corrected chi connectivity index (χ2v) is 26.8. The third-order valence-corrected chi connectivity index (χ3v) is 17.9. The number of phosphoric acid groups is 4. The predicted octanol–water partition coefficient (Wildman–Crippen LogP) is 4.26. The summed E-state index contributed by atoms with van der Waals surface area (Å²) in [6, 6.07) is 4.77. The number of carbonyl (C=O) groups excluding carboxylic acids is 2. The largest absolute Gasteiger partial charge is 0.480 e. The van der Waals surface area contributed by atoms with Crippen LogP contribution in [0, 0.1) is 0 Å². The number of ether oxygens (including phenoxy) is 4. The van der Waals surface area contributed by atoms with Crippen molar-refractivity contribution in [2.24, 2.45) is 0 Å². The minimum atomic E-state index is -4.95. The number of nitrogens with two attached hydrogens (primary N) is 1. The Morgan fingerprint density at radius 3 is 1.89 bits per heavy atom. The summed E-state index contributed by atoms with van der Waals surface area (Å²) in [6.45, 7) is 2.79. The van der Waals surface area contributed by atoms with Gasteiger partial charge in [-0.15, -0.1) is 0 Å². The van der Waals surface area contributed by atoms with Gasteiger partial charge in [0.1, 0.15) is 48.4 Å². The van der Waals surface area contributed by atoms with Gasteiger partial charge < -0.3 is 65.1 Å². The lowest BCUT2D eigenvalue weighted by Crippen LogP contribution is -2.41.